The van der Waals surface area contributed by atoms with Gasteiger partial charge in [-0.25, -0.2) is 0 Å². The topological polar surface area (TPSA) is 191 Å². The summed E-state index contributed by atoms with van der Waals surface area (Å²) in [6.07, 6.45) is -9.22. The average Bonchev–Trinajstić information content (AvgIpc) is 3.38. The Morgan fingerprint density at radius 3 is 1.71 bits per heavy atom. The molecule has 0 radical (unpaired) electrons. The van der Waals surface area contributed by atoms with Crippen molar-refractivity contribution in [2.45, 2.75) is 149 Å². The summed E-state index contributed by atoms with van der Waals surface area (Å²) in [6, 6.07) is -1.52. The Kier molecular flexibility index (Phi) is 12.7. The summed E-state index contributed by atoms with van der Waals surface area (Å²) < 4.78 is 71.6. The van der Waals surface area contributed by atoms with Crippen molar-refractivity contribution in [1.29, 1.82) is 0 Å². The van der Waals surface area contributed by atoms with Gasteiger partial charge < -0.3 is 62.2 Å². The lowest BCUT2D eigenvalue weighted by Crippen LogP contribution is -2.77. The van der Waals surface area contributed by atoms with E-state index in [1.54, 1.807) is 13.8 Å². The number of fused-ring (bicyclic) bond motifs is 3. The fourth-order valence-corrected chi connectivity index (χ4v) is 7.93. The Labute approximate surface area is 315 Å². The maximum Gasteiger partial charge on any atom is 0.303 e. The van der Waals surface area contributed by atoms with Gasteiger partial charge in [-0.3, -0.25) is 19.2 Å². The minimum absolute atomic E-state index is 0.396. The number of carbonyl (C=O) groups excluding carboxylic acids is 4. The minimum atomic E-state index is -2.51. The summed E-state index contributed by atoms with van der Waals surface area (Å²) in [7, 11) is 4.50. The maximum atomic E-state index is 13.2. The van der Waals surface area contributed by atoms with E-state index in [-0.39, 0.29) is 0 Å². The first-order valence-electron chi connectivity index (χ1n) is 16.8. The molecular formula is C32H46Cl3NO16. The molecule has 3 aliphatic heterocycles. The molecule has 0 aromatic rings. The van der Waals surface area contributed by atoms with Gasteiger partial charge in [-0.1, -0.05) is 34.8 Å². The molecule has 1 amide bonds. The Bertz CT molecular complexity index is 1350. The van der Waals surface area contributed by atoms with Crippen molar-refractivity contribution in [2.24, 2.45) is 0 Å². The van der Waals surface area contributed by atoms with Gasteiger partial charge >= 0.3 is 17.9 Å². The third kappa shape index (κ3) is 8.16. The predicted octanol–water partition coefficient (Wildman–Crippen LogP) is 1.97. The van der Waals surface area contributed by atoms with Crippen LogP contribution < -0.4 is 5.32 Å². The van der Waals surface area contributed by atoms with Crippen molar-refractivity contribution in [3.05, 3.63) is 0 Å². The van der Waals surface area contributed by atoms with Crippen molar-refractivity contribution in [3.63, 3.8) is 0 Å². The zero-order chi connectivity index (χ0) is 38.4. The molecule has 1 N–H and O–H groups in total. The van der Waals surface area contributed by atoms with Crippen LogP contribution in [0.5, 0.6) is 0 Å². The second-order valence-corrected chi connectivity index (χ2v) is 15.9. The number of nitrogens with one attached hydrogen (secondary N) is 1. The molecule has 0 unspecified atom stereocenters. The average molecular weight is 807 g/mol. The number of carbonyl (C=O) groups is 4. The van der Waals surface area contributed by atoms with E-state index in [9.17, 15) is 19.2 Å². The lowest BCUT2D eigenvalue weighted by molar-refractivity contribution is -0.491. The Hall–Kier alpha value is -1.61. The van der Waals surface area contributed by atoms with Gasteiger partial charge in [0.1, 0.15) is 55.4 Å². The van der Waals surface area contributed by atoms with Crippen LogP contribution in [0, 0.1) is 0 Å². The molecule has 296 valence electrons. The van der Waals surface area contributed by atoms with Crippen molar-refractivity contribution in [1.82, 2.24) is 5.32 Å². The first-order chi connectivity index (χ1) is 24.3. The highest BCUT2D eigenvalue weighted by Gasteiger charge is 2.71. The van der Waals surface area contributed by atoms with Crippen LogP contribution >= 0.6 is 34.8 Å². The summed E-state index contributed by atoms with van der Waals surface area (Å²) in [6.45, 7) is 6.31. The van der Waals surface area contributed by atoms with Crippen LogP contribution in [-0.4, -0.2) is 140 Å². The number of ether oxygens (including phenoxy) is 12. The van der Waals surface area contributed by atoms with Gasteiger partial charge in [-0.05, 0) is 26.7 Å². The first kappa shape index (κ1) is 41.6. The smallest absolute Gasteiger partial charge is 0.303 e. The second kappa shape index (κ2) is 15.9. The molecule has 0 bridgehead atoms. The molecule has 0 aromatic heterocycles. The van der Waals surface area contributed by atoms with Crippen LogP contribution in [0.1, 0.15) is 60.3 Å². The van der Waals surface area contributed by atoms with E-state index in [1.165, 1.54) is 21.3 Å². The molecule has 17 nitrogen and oxygen atoms in total. The Balaban J connectivity index is 1.62. The van der Waals surface area contributed by atoms with Gasteiger partial charge in [0.25, 0.3) is 9.70 Å². The molecule has 0 aromatic carbocycles. The molecule has 2 saturated carbocycles. The van der Waals surface area contributed by atoms with Crippen molar-refractivity contribution < 1.29 is 76.0 Å². The van der Waals surface area contributed by atoms with Gasteiger partial charge in [0.05, 0.1) is 0 Å². The summed E-state index contributed by atoms with van der Waals surface area (Å²) >= 11 is 17.9. The van der Waals surface area contributed by atoms with E-state index in [4.69, 9.17) is 91.6 Å². The zero-order valence-corrected chi connectivity index (χ0v) is 32.3. The molecule has 13 atom stereocenters. The van der Waals surface area contributed by atoms with E-state index in [1.807, 2.05) is 0 Å². The first-order valence-corrected chi connectivity index (χ1v) is 17.9. The number of hydrogen-bond acceptors (Lipinski definition) is 16. The van der Waals surface area contributed by atoms with Gasteiger partial charge in [0.15, 0.2) is 24.3 Å². The normalized spacial score (nSPS) is 41.1. The summed E-state index contributed by atoms with van der Waals surface area (Å²) in [5.41, 5.74) is 0. The Morgan fingerprint density at radius 2 is 1.23 bits per heavy atom. The van der Waals surface area contributed by atoms with E-state index in [0.29, 0.717) is 12.8 Å². The number of hydrogen-bond donors (Lipinski definition) is 1. The molecular weight excluding hydrogens is 761 g/mol. The SMILES string of the molecule is CO[C@@H]1[C@H]2OC(C)(C)O[C@H]2[C@H](O[C@@H]2O[C@H](COC(C)=O)[C@@H](OC(C)=O)[C@H](OC(C)=O)[C@H]2NC(=O)C(Cl)(Cl)Cl)[C@@H]2O[C@@]3(OC)CCCC[C@]3(OC)O[C@@H]12. The highest BCUT2D eigenvalue weighted by atomic mass is 35.6. The molecule has 3 saturated heterocycles. The highest BCUT2D eigenvalue weighted by molar-refractivity contribution is 6.76. The van der Waals surface area contributed by atoms with Crippen molar-refractivity contribution in [2.75, 3.05) is 27.9 Å². The van der Waals surface area contributed by atoms with Crippen LogP contribution in [0.3, 0.4) is 0 Å². The quantitative estimate of drug-likeness (QED) is 0.191. The predicted molar refractivity (Wildman–Crippen MR) is 176 cm³/mol. The molecule has 5 rings (SSSR count). The lowest BCUT2D eigenvalue weighted by atomic mass is 9.79. The third-order valence-electron chi connectivity index (χ3n) is 9.76. The van der Waals surface area contributed by atoms with Crippen LogP contribution in [0.25, 0.3) is 0 Å². The van der Waals surface area contributed by atoms with Gasteiger partial charge in [0, 0.05) is 54.9 Å². The number of alkyl halides is 3. The van der Waals surface area contributed by atoms with Crippen LogP contribution in [0.4, 0.5) is 0 Å². The molecule has 3 heterocycles. The molecule has 0 spiro atoms. The summed E-state index contributed by atoms with van der Waals surface area (Å²) in [5, 5.41) is 2.52. The van der Waals surface area contributed by atoms with E-state index in [0.717, 1.165) is 33.6 Å². The standard InChI is InChI=1S/C32H46Cl3NO16/c1-14(37)44-13-17-19(45-15(2)38)20(46-16(3)39)18(36-28(40)32(33,34)35)27(47-17)48-22-25-23(49-29(4,5)50-25)21(41-6)24-26(22)52-31(43-8)12-10-9-11-30(31,42-7)51-24/h17-27H,9-13H2,1-8H3,(H,36,40)/t17-,18-,19-,20-,21-,22+,23-,24+,25+,26+,27+,30+,31+/m1/s1. The van der Waals surface area contributed by atoms with Gasteiger partial charge in [-0.15, -0.1) is 0 Å². The highest BCUT2D eigenvalue weighted by Crippen LogP contribution is 2.54. The largest absolute Gasteiger partial charge is 0.463 e. The zero-order valence-electron chi connectivity index (χ0n) is 30.1. The minimum Gasteiger partial charge on any atom is -0.463 e. The monoisotopic (exact) mass is 805 g/mol. The molecule has 52 heavy (non-hydrogen) atoms. The fraction of sp³-hybridized carbons (Fsp3) is 0.875. The van der Waals surface area contributed by atoms with E-state index >= 15 is 0 Å². The number of amides is 1. The van der Waals surface area contributed by atoms with Gasteiger partial charge in [-0.2, -0.15) is 0 Å². The number of halogens is 3. The summed E-state index contributed by atoms with van der Waals surface area (Å²) in [4.78, 5) is 50.0. The molecule has 5 fully saturated rings. The summed E-state index contributed by atoms with van der Waals surface area (Å²) in [5.74, 6) is -7.37. The van der Waals surface area contributed by atoms with E-state index < -0.39 is 119 Å². The van der Waals surface area contributed by atoms with Crippen molar-refractivity contribution >= 4 is 58.6 Å². The van der Waals surface area contributed by atoms with Crippen molar-refractivity contribution in [3.8, 4) is 0 Å². The number of methoxy groups -OCH3 is 3. The van der Waals surface area contributed by atoms with Crippen LogP contribution in [0.2, 0.25) is 0 Å². The Morgan fingerprint density at radius 1 is 0.731 bits per heavy atom. The number of esters is 3. The van der Waals surface area contributed by atoms with Crippen LogP contribution in [0.15, 0.2) is 0 Å². The molecule has 20 heteroatoms. The lowest BCUT2D eigenvalue weighted by Gasteiger charge is -2.61. The maximum absolute atomic E-state index is 13.2. The van der Waals surface area contributed by atoms with Crippen LogP contribution in [-0.2, 0) is 76.0 Å². The van der Waals surface area contributed by atoms with E-state index in [2.05, 4.69) is 5.32 Å². The molecule has 5 aliphatic rings. The third-order valence-corrected chi connectivity index (χ3v) is 10.3. The van der Waals surface area contributed by atoms with Gasteiger partial charge in [0.2, 0.25) is 11.6 Å². The fourth-order valence-electron chi connectivity index (χ4n) is 7.77. The molecule has 2 aliphatic carbocycles. The second-order valence-electron chi connectivity index (χ2n) is 13.6. The number of rotatable bonds is 10.